The second kappa shape index (κ2) is 8.47. The zero-order valence-electron chi connectivity index (χ0n) is 17.8. The zero-order chi connectivity index (χ0) is 22.2. The molecule has 1 atom stereocenters. The first-order chi connectivity index (χ1) is 16.3. The number of fused-ring (bicyclic) bond motifs is 2. The summed E-state index contributed by atoms with van der Waals surface area (Å²) in [5, 5.41) is 9.72. The molecule has 2 aromatic heterocycles. The third kappa shape index (κ3) is 3.82. The van der Waals surface area contributed by atoms with E-state index in [-0.39, 0.29) is 17.7 Å². The maximum Gasteiger partial charge on any atom is 0.277 e. The molecular formula is C24H22N4O4S. The molecule has 0 spiro atoms. The summed E-state index contributed by atoms with van der Waals surface area (Å²) < 4.78 is 17.2. The molecule has 168 valence electrons. The fourth-order valence-corrected chi connectivity index (χ4v) is 5.16. The van der Waals surface area contributed by atoms with E-state index in [1.54, 1.807) is 0 Å². The van der Waals surface area contributed by atoms with Crippen molar-refractivity contribution in [3.8, 4) is 23.0 Å². The average molecular weight is 463 g/mol. The monoisotopic (exact) mass is 462 g/mol. The Labute approximate surface area is 194 Å². The minimum Gasteiger partial charge on any atom is -0.486 e. The molecule has 2 aliphatic heterocycles. The van der Waals surface area contributed by atoms with Gasteiger partial charge in [0.15, 0.2) is 11.5 Å². The lowest BCUT2D eigenvalue weighted by molar-refractivity contribution is -0.129. The summed E-state index contributed by atoms with van der Waals surface area (Å²) in [6, 6.07) is 14.0. The van der Waals surface area contributed by atoms with Gasteiger partial charge in [-0.2, -0.15) is 0 Å². The number of carbonyl (C=O) groups is 1. The Hall–Kier alpha value is -3.46. The van der Waals surface area contributed by atoms with E-state index >= 15 is 0 Å². The lowest BCUT2D eigenvalue weighted by Gasteiger charge is -2.26. The predicted molar refractivity (Wildman–Crippen MR) is 123 cm³/mol. The predicted octanol–water partition coefficient (Wildman–Crippen LogP) is 4.44. The number of hydrogen-bond donors (Lipinski definition) is 1. The molecule has 4 aromatic rings. The normalized spacial score (nSPS) is 17.6. The first-order valence-corrected chi connectivity index (χ1v) is 12.0. The molecular weight excluding hydrogens is 440 g/mol. The molecule has 4 heterocycles. The van der Waals surface area contributed by atoms with Crippen LogP contribution in [0.3, 0.4) is 0 Å². The van der Waals surface area contributed by atoms with Crippen LogP contribution in [0.2, 0.25) is 0 Å². The Morgan fingerprint density at radius 3 is 2.94 bits per heavy atom. The zero-order valence-corrected chi connectivity index (χ0v) is 18.6. The molecule has 33 heavy (non-hydrogen) atoms. The molecule has 1 saturated heterocycles. The van der Waals surface area contributed by atoms with Crippen molar-refractivity contribution in [3.05, 3.63) is 54.2 Å². The van der Waals surface area contributed by atoms with E-state index in [1.807, 2.05) is 53.6 Å². The van der Waals surface area contributed by atoms with Crippen LogP contribution in [-0.4, -0.2) is 51.5 Å². The van der Waals surface area contributed by atoms with Crippen LogP contribution < -0.4 is 9.47 Å². The molecule has 1 N–H and O–H groups in total. The summed E-state index contributed by atoms with van der Waals surface area (Å²) in [5.74, 6) is 2.26. The van der Waals surface area contributed by atoms with Crippen LogP contribution in [0.1, 0.15) is 24.4 Å². The van der Waals surface area contributed by atoms with E-state index in [9.17, 15) is 4.79 Å². The van der Waals surface area contributed by atoms with E-state index in [1.165, 1.54) is 11.8 Å². The molecule has 6 rings (SSSR count). The third-order valence-corrected chi connectivity index (χ3v) is 6.87. The summed E-state index contributed by atoms with van der Waals surface area (Å²) in [6.45, 7) is 1.85. The first kappa shape index (κ1) is 20.2. The first-order valence-electron chi connectivity index (χ1n) is 11.0. The van der Waals surface area contributed by atoms with Crippen LogP contribution in [0.25, 0.3) is 22.4 Å². The van der Waals surface area contributed by atoms with Crippen molar-refractivity contribution >= 4 is 28.6 Å². The van der Waals surface area contributed by atoms with Gasteiger partial charge in [0.25, 0.3) is 11.1 Å². The van der Waals surface area contributed by atoms with Crippen LogP contribution in [0.5, 0.6) is 11.5 Å². The quantitative estimate of drug-likeness (QED) is 0.438. The number of H-pyrrole nitrogens is 1. The van der Waals surface area contributed by atoms with Gasteiger partial charge in [0, 0.05) is 23.6 Å². The maximum absolute atomic E-state index is 13.1. The average Bonchev–Trinajstić information content (AvgIpc) is 3.61. The number of aromatic nitrogens is 3. The van der Waals surface area contributed by atoms with Crippen LogP contribution in [0.4, 0.5) is 0 Å². The van der Waals surface area contributed by atoms with Crippen LogP contribution in [0, 0.1) is 0 Å². The molecule has 0 unspecified atom stereocenters. The largest absolute Gasteiger partial charge is 0.486 e. The Morgan fingerprint density at radius 2 is 2.00 bits per heavy atom. The Balaban J connectivity index is 1.14. The Kier molecular flexibility index (Phi) is 5.18. The number of thioether (sulfide) groups is 1. The van der Waals surface area contributed by atoms with Crippen molar-refractivity contribution in [2.45, 2.75) is 24.1 Å². The number of likely N-dealkylation sites (tertiary alicyclic amines) is 1. The van der Waals surface area contributed by atoms with Crippen molar-refractivity contribution in [2.75, 3.05) is 25.5 Å². The van der Waals surface area contributed by atoms with Gasteiger partial charge in [-0.15, -0.1) is 10.2 Å². The highest BCUT2D eigenvalue weighted by molar-refractivity contribution is 7.99. The number of carbonyl (C=O) groups excluding carboxylic acids is 1. The highest BCUT2D eigenvalue weighted by atomic mass is 32.2. The van der Waals surface area contributed by atoms with E-state index in [4.69, 9.17) is 13.9 Å². The molecule has 0 saturated carbocycles. The third-order valence-electron chi connectivity index (χ3n) is 6.07. The van der Waals surface area contributed by atoms with Gasteiger partial charge in [-0.25, -0.2) is 0 Å². The lowest BCUT2D eigenvalue weighted by atomic mass is 10.0. The van der Waals surface area contributed by atoms with Crippen molar-refractivity contribution < 1.29 is 18.7 Å². The molecule has 9 heteroatoms. The van der Waals surface area contributed by atoms with E-state index in [2.05, 4.69) is 15.2 Å². The minimum atomic E-state index is 0.0402. The number of nitrogens with zero attached hydrogens (tertiary/aromatic N) is 3. The molecule has 8 nitrogen and oxygen atoms in total. The number of hydrogen-bond acceptors (Lipinski definition) is 7. The molecule has 0 bridgehead atoms. The minimum absolute atomic E-state index is 0.0402. The molecule has 1 amide bonds. The van der Waals surface area contributed by atoms with Gasteiger partial charge in [0.2, 0.25) is 5.91 Å². The van der Waals surface area contributed by atoms with Gasteiger partial charge in [-0.05, 0) is 36.6 Å². The van der Waals surface area contributed by atoms with Gasteiger partial charge >= 0.3 is 0 Å². The van der Waals surface area contributed by atoms with Gasteiger partial charge in [0.1, 0.15) is 13.2 Å². The number of ether oxygens (including phenoxy) is 2. The molecule has 0 aliphatic carbocycles. The molecule has 2 aromatic carbocycles. The van der Waals surface area contributed by atoms with E-state index in [0.717, 1.165) is 52.9 Å². The summed E-state index contributed by atoms with van der Waals surface area (Å²) in [4.78, 5) is 18.2. The number of para-hydroxylation sites is 1. The molecule has 1 fully saturated rings. The van der Waals surface area contributed by atoms with Crippen molar-refractivity contribution in [2.24, 2.45) is 0 Å². The second-order valence-corrected chi connectivity index (χ2v) is 8.98. The molecule has 2 aliphatic rings. The fraction of sp³-hybridized carbons (Fsp3) is 0.292. The van der Waals surface area contributed by atoms with Crippen LogP contribution in [0.15, 0.2) is 58.3 Å². The number of nitrogens with one attached hydrogen (secondary N) is 1. The summed E-state index contributed by atoms with van der Waals surface area (Å²) >= 11 is 1.27. The van der Waals surface area contributed by atoms with Gasteiger partial charge in [0.05, 0.1) is 17.4 Å². The Morgan fingerprint density at radius 1 is 1.12 bits per heavy atom. The Bertz CT molecular complexity index is 1320. The van der Waals surface area contributed by atoms with E-state index in [0.29, 0.717) is 24.3 Å². The van der Waals surface area contributed by atoms with Gasteiger partial charge in [-0.3, -0.25) is 4.79 Å². The number of benzene rings is 2. The van der Waals surface area contributed by atoms with Crippen LogP contribution in [-0.2, 0) is 4.79 Å². The summed E-state index contributed by atoms with van der Waals surface area (Å²) in [7, 11) is 0. The van der Waals surface area contributed by atoms with Gasteiger partial charge in [-0.1, -0.05) is 36.0 Å². The SMILES string of the molecule is O=C(CSc1nnc(-c2c[nH]c3ccccc23)o1)N1CCC[C@H]1c1ccc2c(c1)OCCO2. The number of rotatable bonds is 5. The maximum atomic E-state index is 13.1. The summed E-state index contributed by atoms with van der Waals surface area (Å²) in [6.07, 6.45) is 3.77. The number of amides is 1. The highest BCUT2D eigenvalue weighted by Crippen LogP contribution is 2.38. The highest BCUT2D eigenvalue weighted by Gasteiger charge is 2.31. The van der Waals surface area contributed by atoms with E-state index < -0.39 is 0 Å². The standard InChI is InChI=1S/C24H22N4O4S/c29-22(28-9-3-6-19(28)15-7-8-20-21(12-15)31-11-10-30-20)14-33-24-27-26-23(32-24)17-13-25-18-5-2-1-4-16(17)18/h1-2,4-5,7-8,12-13,19,25H,3,6,9-11,14H2/t19-/m0/s1. The lowest BCUT2D eigenvalue weighted by Crippen LogP contribution is -2.32. The van der Waals surface area contributed by atoms with Crippen LogP contribution >= 0.6 is 11.8 Å². The van der Waals surface area contributed by atoms with Crippen molar-refractivity contribution in [3.63, 3.8) is 0 Å². The smallest absolute Gasteiger partial charge is 0.277 e. The van der Waals surface area contributed by atoms with Crippen molar-refractivity contribution in [1.29, 1.82) is 0 Å². The van der Waals surface area contributed by atoms with Crippen molar-refractivity contribution in [1.82, 2.24) is 20.1 Å². The topological polar surface area (TPSA) is 93.5 Å². The second-order valence-electron chi connectivity index (χ2n) is 8.06. The fourth-order valence-electron chi connectivity index (χ4n) is 4.51. The number of aromatic amines is 1. The summed E-state index contributed by atoms with van der Waals surface area (Å²) in [5.41, 5.74) is 2.94. The van der Waals surface area contributed by atoms with Gasteiger partial charge < -0.3 is 23.8 Å². The molecule has 0 radical (unpaired) electrons.